The molecule has 0 amide bonds. The van der Waals surface area contributed by atoms with Gasteiger partial charge in [0.15, 0.2) is 0 Å². The fourth-order valence-electron chi connectivity index (χ4n) is 2.28. The van der Waals surface area contributed by atoms with E-state index in [4.69, 9.17) is 31.2 Å². The van der Waals surface area contributed by atoms with Crippen LogP contribution < -0.4 is 20.9 Å². The van der Waals surface area contributed by atoms with Crippen LogP contribution in [0.1, 0.15) is 60.2 Å². The maximum atomic E-state index is 10.6. The first-order chi connectivity index (χ1) is 14.3. The second-order valence-corrected chi connectivity index (χ2v) is 6.52. The number of ether oxygens (including phenoxy) is 2. The highest BCUT2D eigenvalue weighted by molar-refractivity contribution is 5.89. The first-order valence-electron chi connectivity index (χ1n) is 9.81. The molecule has 2 aromatic carbocycles. The predicted molar refractivity (Wildman–Crippen MR) is 116 cm³/mol. The van der Waals surface area contributed by atoms with Crippen molar-refractivity contribution >= 4 is 23.3 Å². The van der Waals surface area contributed by atoms with E-state index in [0.717, 1.165) is 25.7 Å². The molecule has 0 bridgehead atoms. The van der Waals surface area contributed by atoms with Gasteiger partial charge in [0, 0.05) is 0 Å². The highest BCUT2D eigenvalue weighted by Gasteiger charge is 2.07. The molecule has 0 aliphatic rings. The minimum absolute atomic E-state index is 0.176. The summed E-state index contributed by atoms with van der Waals surface area (Å²) >= 11 is 0. The average molecular weight is 418 g/mol. The number of hydrogen-bond acceptors (Lipinski definition) is 6. The van der Waals surface area contributed by atoms with Gasteiger partial charge in [-0.1, -0.05) is 26.7 Å². The summed E-state index contributed by atoms with van der Waals surface area (Å²) in [6, 6.07) is 8.97. The minimum Gasteiger partial charge on any atom is -0.491 e. The molecule has 0 aliphatic heterocycles. The average Bonchev–Trinajstić information content (AvgIpc) is 2.71. The standard InChI is InChI=1S/2C11H15NO3/c2*1-2-3-6-15-10-5-4-8(11(13)14)7-9(10)12/h2*4-5,7H,2-3,6,12H2,1H3,(H,13,14). The first-order valence-corrected chi connectivity index (χ1v) is 9.81. The number of aromatic carboxylic acids is 2. The van der Waals surface area contributed by atoms with Crippen LogP contribution in [0.4, 0.5) is 11.4 Å². The van der Waals surface area contributed by atoms with Crippen LogP contribution in [-0.2, 0) is 0 Å². The molecule has 0 fully saturated rings. The smallest absolute Gasteiger partial charge is 0.335 e. The van der Waals surface area contributed by atoms with Gasteiger partial charge in [-0.05, 0) is 49.2 Å². The summed E-state index contributed by atoms with van der Waals surface area (Å²) in [5, 5.41) is 17.4. The van der Waals surface area contributed by atoms with Crippen molar-refractivity contribution in [2.24, 2.45) is 0 Å². The van der Waals surface area contributed by atoms with Crippen molar-refractivity contribution in [3.05, 3.63) is 47.5 Å². The molecule has 8 heteroatoms. The van der Waals surface area contributed by atoms with Gasteiger partial charge in [0.05, 0.1) is 35.7 Å². The Hall–Kier alpha value is -3.42. The second kappa shape index (κ2) is 12.9. The fourth-order valence-corrected chi connectivity index (χ4v) is 2.28. The van der Waals surface area contributed by atoms with E-state index in [0.29, 0.717) is 36.1 Å². The van der Waals surface area contributed by atoms with Crippen LogP contribution in [0.2, 0.25) is 0 Å². The van der Waals surface area contributed by atoms with Crippen molar-refractivity contribution in [2.75, 3.05) is 24.7 Å². The monoisotopic (exact) mass is 418 g/mol. The Kier molecular flexibility index (Phi) is 10.6. The molecule has 30 heavy (non-hydrogen) atoms. The maximum absolute atomic E-state index is 10.6. The van der Waals surface area contributed by atoms with Crippen LogP contribution in [0.3, 0.4) is 0 Å². The highest BCUT2D eigenvalue weighted by atomic mass is 16.5. The number of unbranched alkanes of at least 4 members (excludes halogenated alkanes) is 2. The molecular formula is C22H30N2O6. The molecule has 0 spiro atoms. The Bertz CT molecular complexity index is 769. The van der Waals surface area contributed by atoms with Crippen LogP contribution >= 0.6 is 0 Å². The first kappa shape index (κ1) is 24.6. The quantitative estimate of drug-likeness (QED) is 0.330. The maximum Gasteiger partial charge on any atom is 0.335 e. The third-order valence-corrected chi connectivity index (χ3v) is 4.02. The SMILES string of the molecule is CCCCOc1ccc(C(=O)O)cc1N.CCCCOc1ccc(C(=O)O)cc1N. The van der Waals surface area contributed by atoms with Gasteiger partial charge >= 0.3 is 11.9 Å². The topological polar surface area (TPSA) is 145 Å². The zero-order valence-corrected chi connectivity index (χ0v) is 17.4. The number of hydrogen-bond donors (Lipinski definition) is 4. The van der Waals surface area contributed by atoms with Crippen LogP contribution in [0.15, 0.2) is 36.4 Å². The molecule has 0 atom stereocenters. The van der Waals surface area contributed by atoms with Crippen LogP contribution in [-0.4, -0.2) is 35.4 Å². The molecule has 164 valence electrons. The van der Waals surface area contributed by atoms with Gasteiger partial charge in [-0.15, -0.1) is 0 Å². The van der Waals surface area contributed by atoms with Crippen molar-refractivity contribution in [1.29, 1.82) is 0 Å². The van der Waals surface area contributed by atoms with Crippen molar-refractivity contribution in [2.45, 2.75) is 39.5 Å². The van der Waals surface area contributed by atoms with E-state index in [1.165, 1.54) is 24.3 Å². The number of anilines is 2. The second-order valence-electron chi connectivity index (χ2n) is 6.52. The lowest BCUT2D eigenvalue weighted by Gasteiger charge is -2.08. The number of nitrogens with two attached hydrogens (primary N) is 2. The normalized spacial score (nSPS) is 9.93. The molecule has 2 aromatic rings. The Morgan fingerprint density at radius 1 is 0.767 bits per heavy atom. The van der Waals surface area contributed by atoms with Gasteiger partial charge in [0.25, 0.3) is 0 Å². The highest BCUT2D eigenvalue weighted by Crippen LogP contribution is 2.23. The summed E-state index contributed by atoms with van der Waals surface area (Å²) in [6.07, 6.45) is 4.01. The number of carbonyl (C=O) groups is 2. The summed E-state index contributed by atoms with van der Waals surface area (Å²) in [6.45, 7) is 5.35. The number of benzene rings is 2. The largest absolute Gasteiger partial charge is 0.491 e. The molecular weight excluding hydrogens is 388 g/mol. The van der Waals surface area contributed by atoms with Gasteiger partial charge in [0.1, 0.15) is 11.5 Å². The van der Waals surface area contributed by atoms with Gasteiger partial charge in [-0.3, -0.25) is 0 Å². The zero-order chi connectivity index (χ0) is 22.5. The third kappa shape index (κ3) is 8.30. The Morgan fingerprint density at radius 3 is 1.40 bits per heavy atom. The Labute approximate surface area is 176 Å². The Balaban J connectivity index is 0.000000300. The number of carboxylic acid groups (broad SMARTS) is 2. The zero-order valence-electron chi connectivity index (χ0n) is 17.4. The van der Waals surface area contributed by atoms with Crippen LogP contribution in [0.25, 0.3) is 0 Å². The van der Waals surface area contributed by atoms with Gasteiger partial charge in [0.2, 0.25) is 0 Å². The van der Waals surface area contributed by atoms with E-state index in [1.54, 1.807) is 12.1 Å². The summed E-state index contributed by atoms with van der Waals surface area (Å²) < 4.78 is 10.8. The molecule has 0 aromatic heterocycles. The molecule has 0 saturated heterocycles. The molecule has 2 rings (SSSR count). The van der Waals surface area contributed by atoms with E-state index < -0.39 is 11.9 Å². The van der Waals surface area contributed by atoms with Crippen molar-refractivity contribution < 1.29 is 29.3 Å². The molecule has 0 aliphatic carbocycles. The summed E-state index contributed by atoms with van der Waals surface area (Å²) in [5.74, 6) is -0.870. The van der Waals surface area contributed by atoms with E-state index in [-0.39, 0.29) is 11.1 Å². The van der Waals surface area contributed by atoms with E-state index >= 15 is 0 Å². The van der Waals surface area contributed by atoms with Crippen molar-refractivity contribution in [3.63, 3.8) is 0 Å². The Morgan fingerprint density at radius 2 is 1.13 bits per heavy atom. The molecule has 0 saturated carbocycles. The molecule has 0 unspecified atom stereocenters. The van der Waals surface area contributed by atoms with Crippen LogP contribution in [0, 0.1) is 0 Å². The summed E-state index contributed by atoms with van der Waals surface area (Å²) in [7, 11) is 0. The predicted octanol–water partition coefficient (Wildman–Crippen LogP) is 4.29. The van der Waals surface area contributed by atoms with Gasteiger partial charge in [-0.2, -0.15) is 0 Å². The molecule has 6 N–H and O–H groups in total. The lowest BCUT2D eigenvalue weighted by molar-refractivity contribution is 0.0686. The van der Waals surface area contributed by atoms with E-state index in [1.807, 2.05) is 0 Å². The third-order valence-electron chi connectivity index (χ3n) is 4.02. The van der Waals surface area contributed by atoms with Crippen molar-refractivity contribution in [1.82, 2.24) is 0 Å². The molecule has 0 radical (unpaired) electrons. The van der Waals surface area contributed by atoms with Crippen molar-refractivity contribution in [3.8, 4) is 11.5 Å². The fraction of sp³-hybridized carbons (Fsp3) is 0.364. The van der Waals surface area contributed by atoms with Gasteiger partial charge < -0.3 is 31.2 Å². The number of rotatable bonds is 10. The van der Waals surface area contributed by atoms with Gasteiger partial charge in [-0.25, -0.2) is 9.59 Å². The molecule has 8 nitrogen and oxygen atoms in total. The number of nitrogen functional groups attached to an aromatic ring is 2. The van der Waals surface area contributed by atoms with E-state index in [9.17, 15) is 9.59 Å². The summed E-state index contributed by atoms with van der Waals surface area (Å²) in [4.78, 5) is 21.3. The van der Waals surface area contributed by atoms with Crippen LogP contribution in [0.5, 0.6) is 11.5 Å². The van der Waals surface area contributed by atoms with E-state index in [2.05, 4.69) is 13.8 Å². The lowest BCUT2D eigenvalue weighted by Crippen LogP contribution is -2.02. The summed E-state index contributed by atoms with van der Waals surface area (Å²) in [5.41, 5.74) is 12.4. The number of carboxylic acids is 2. The minimum atomic E-state index is -0.984. The molecule has 0 heterocycles. The lowest BCUT2D eigenvalue weighted by atomic mass is 10.2.